The van der Waals surface area contributed by atoms with Crippen LogP contribution in [-0.2, 0) is 29.4 Å². The number of nitrogens with zero attached hydrogens (tertiary/aromatic N) is 1. The maximum absolute atomic E-state index is 13.8. The van der Waals surface area contributed by atoms with Crippen molar-refractivity contribution >= 4 is 5.78 Å². The van der Waals surface area contributed by atoms with Crippen LogP contribution in [0.5, 0.6) is 5.88 Å². The van der Waals surface area contributed by atoms with Gasteiger partial charge >= 0.3 is 6.18 Å². The highest BCUT2D eigenvalue weighted by atomic mass is 19.4. The number of fused-ring (bicyclic) bond motifs is 5. The molecule has 3 nitrogen and oxygen atoms in total. The van der Waals surface area contributed by atoms with Crippen molar-refractivity contribution in [2.75, 3.05) is 0 Å². The Labute approximate surface area is 207 Å². The van der Waals surface area contributed by atoms with Crippen LogP contribution >= 0.6 is 0 Å². The van der Waals surface area contributed by atoms with E-state index in [0.717, 1.165) is 36.8 Å². The third-order valence-electron chi connectivity index (χ3n) is 8.99. The SMILES string of the molecule is CC(=O)[C@H]1[C@@H]2Cc3cc(OCc4ccc5c(c4)C(c4ccccc4C(F)(F)F)CC54CC4)ncc3[C@@H]21. The van der Waals surface area contributed by atoms with Gasteiger partial charge in [0.2, 0.25) is 5.88 Å². The number of hydrogen-bond acceptors (Lipinski definition) is 3. The van der Waals surface area contributed by atoms with E-state index in [1.807, 2.05) is 24.4 Å². The first-order chi connectivity index (χ1) is 17.2. The number of aromatic nitrogens is 1. The number of pyridine rings is 1. The van der Waals surface area contributed by atoms with Crippen molar-refractivity contribution < 1.29 is 22.7 Å². The quantitative estimate of drug-likeness (QED) is 0.399. The summed E-state index contributed by atoms with van der Waals surface area (Å²) in [6.45, 7) is 1.98. The molecule has 1 aromatic heterocycles. The Bertz CT molecular complexity index is 1410. The maximum Gasteiger partial charge on any atom is 0.416 e. The second kappa shape index (κ2) is 7.44. The fraction of sp³-hybridized carbons (Fsp3) is 0.400. The molecule has 7 rings (SSSR count). The minimum Gasteiger partial charge on any atom is -0.473 e. The Balaban J connectivity index is 1.14. The van der Waals surface area contributed by atoms with Gasteiger partial charge in [0.05, 0.1) is 5.56 Å². The van der Waals surface area contributed by atoms with E-state index in [9.17, 15) is 18.0 Å². The Morgan fingerprint density at radius 1 is 1.08 bits per heavy atom. The number of hydrogen-bond donors (Lipinski definition) is 0. The number of alkyl halides is 3. The van der Waals surface area contributed by atoms with Gasteiger partial charge in [-0.2, -0.15) is 13.2 Å². The summed E-state index contributed by atoms with van der Waals surface area (Å²) in [5.74, 6) is 1.44. The lowest BCUT2D eigenvalue weighted by molar-refractivity contribution is -0.138. The predicted octanol–water partition coefficient (Wildman–Crippen LogP) is 6.72. The number of halogens is 3. The highest BCUT2D eigenvalue weighted by Crippen LogP contribution is 2.63. The van der Waals surface area contributed by atoms with Crippen molar-refractivity contribution in [3.05, 3.63) is 93.7 Å². The van der Waals surface area contributed by atoms with Crippen molar-refractivity contribution in [3.63, 3.8) is 0 Å². The summed E-state index contributed by atoms with van der Waals surface area (Å²) in [4.78, 5) is 16.2. The first kappa shape index (κ1) is 22.1. The molecule has 1 spiro atoms. The molecular weight excluding hydrogens is 463 g/mol. The van der Waals surface area contributed by atoms with Crippen molar-refractivity contribution in [2.24, 2.45) is 11.8 Å². The topological polar surface area (TPSA) is 39.2 Å². The molecule has 0 saturated heterocycles. The van der Waals surface area contributed by atoms with Gasteiger partial charge in [-0.3, -0.25) is 4.79 Å². The Kier molecular flexibility index (Phi) is 4.56. The van der Waals surface area contributed by atoms with Gasteiger partial charge in [-0.25, -0.2) is 4.98 Å². The fourth-order valence-electron chi connectivity index (χ4n) is 7.10. The van der Waals surface area contributed by atoms with Gasteiger partial charge in [-0.15, -0.1) is 0 Å². The molecule has 1 heterocycles. The third kappa shape index (κ3) is 3.33. The minimum absolute atomic E-state index is 0.0260. The lowest BCUT2D eigenvalue weighted by Gasteiger charge is -2.19. The van der Waals surface area contributed by atoms with E-state index in [4.69, 9.17) is 4.74 Å². The summed E-state index contributed by atoms with van der Waals surface area (Å²) in [5.41, 5.74) is 5.38. The summed E-state index contributed by atoms with van der Waals surface area (Å²) in [6, 6.07) is 14.2. The minimum atomic E-state index is -4.37. The number of ketones is 1. The van der Waals surface area contributed by atoms with Crippen LogP contribution in [0, 0.1) is 11.8 Å². The zero-order chi connectivity index (χ0) is 24.8. The van der Waals surface area contributed by atoms with E-state index in [2.05, 4.69) is 11.1 Å². The average Bonchev–Trinajstić information content (AvgIpc) is 3.72. The standard InChI is InChI=1S/C30H26F3NO2/c1-16(35)27-21-11-18-12-26(34-14-23(18)28(21)27)36-15-17-6-7-24-20(10-17)22(13-29(24)8-9-29)19-4-2-3-5-25(19)30(31,32)33/h2-7,10,12,14,21-22,27-28H,8-9,11,13,15H2,1H3/t21-,22?,27-,28+/m0/s1. The van der Waals surface area contributed by atoms with E-state index >= 15 is 0 Å². The van der Waals surface area contributed by atoms with Crippen LogP contribution in [0.15, 0.2) is 54.7 Å². The molecule has 0 bridgehead atoms. The van der Waals surface area contributed by atoms with Crippen molar-refractivity contribution in [3.8, 4) is 5.88 Å². The molecule has 0 radical (unpaired) electrons. The summed E-state index contributed by atoms with van der Waals surface area (Å²) in [7, 11) is 0. The van der Waals surface area contributed by atoms with Gasteiger partial charge in [0.15, 0.2) is 0 Å². The molecule has 0 aliphatic heterocycles. The molecule has 2 aromatic carbocycles. The highest BCUT2D eigenvalue weighted by Gasteiger charge is 2.58. The van der Waals surface area contributed by atoms with Crippen molar-refractivity contribution in [2.45, 2.75) is 62.6 Å². The van der Waals surface area contributed by atoms with Gasteiger partial charge in [0.25, 0.3) is 0 Å². The molecule has 184 valence electrons. The lowest BCUT2D eigenvalue weighted by Crippen LogP contribution is -2.12. The zero-order valence-electron chi connectivity index (χ0n) is 19.9. The van der Waals surface area contributed by atoms with Gasteiger partial charge < -0.3 is 4.74 Å². The molecule has 4 aliphatic carbocycles. The lowest BCUT2D eigenvalue weighted by atomic mass is 9.88. The van der Waals surface area contributed by atoms with Crippen LogP contribution in [0.4, 0.5) is 13.2 Å². The molecular formula is C30H26F3NO2. The van der Waals surface area contributed by atoms with Gasteiger partial charge in [-0.05, 0) is 89.3 Å². The van der Waals surface area contributed by atoms with Gasteiger partial charge in [0, 0.05) is 24.1 Å². The van der Waals surface area contributed by atoms with E-state index < -0.39 is 11.7 Å². The highest BCUT2D eigenvalue weighted by molar-refractivity contribution is 5.84. The Morgan fingerprint density at radius 2 is 1.89 bits per heavy atom. The van der Waals surface area contributed by atoms with Crippen molar-refractivity contribution in [1.82, 2.24) is 4.98 Å². The maximum atomic E-state index is 13.8. The first-order valence-electron chi connectivity index (χ1n) is 12.7. The molecule has 6 heteroatoms. The number of carbonyl (C=O) groups excluding carboxylic acids is 1. The number of carbonyl (C=O) groups is 1. The number of ether oxygens (including phenoxy) is 1. The van der Waals surface area contributed by atoms with Gasteiger partial charge in [-0.1, -0.05) is 36.4 Å². The second-order valence-electron chi connectivity index (χ2n) is 11.1. The molecule has 36 heavy (non-hydrogen) atoms. The van der Waals surface area contributed by atoms with E-state index in [1.165, 1.54) is 28.8 Å². The average molecular weight is 490 g/mol. The normalized spacial score (nSPS) is 26.3. The molecule has 2 saturated carbocycles. The second-order valence-corrected chi connectivity index (χ2v) is 11.1. The molecule has 1 unspecified atom stereocenters. The van der Waals surface area contributed by atoms with Crippen LogP contribution in [0.3, 0.4) is 0 Å². The monoisotopic (exact) mass is 489 g/mol. The molecule has 4 aliphatic rings. The van der Waals surface area contributed by atoms with Gasteiger partial charge in [0.1, 0.15) is 12.4 Å². The van der Waals surface area contributed by atoms with Crippen molar-refractivity contribution in [1.29, 1.82) is 0 Å². The molecule has 2 fully saturated rings. The largest absolute Gasteiger partial charge is 0.473 e. The number of rotatable bonds is 5. The van der Waals surface area contributed by atoms with E-state index in [0.29, 0.717) is 29.9 Å². The van der Waals surface area contributed by atoms with Crippen LogP contribution in [0.1, 0.15) is 77.0 Å². The van der Waals surface area contributed by atoms with Crippen LogP contribution in [-0.4, -0.2) is 10.8 Å². The molecule has 0 amide bonds. The zero-order valence-corrected chi connectivity index (χ0v) is 19.9. The summed E-state index contributed by atoms with van der Waals surface area (Å²) in [6.07, 6.45) is 1.17. The summed E-state index contributed by atoms with van der Waals surface area (Å²) < 4.78 is 47.5. The molecule has 4 atom stereocenters. The van der Waals surface area contributed by atoms with E-state index in [1.54, 1.807) is 19.1 Å². The van der Waals surface area contributed by atoms with Crippen LogP contribution in [0.25, 0.3) is 0 Å². The molecule has 3 aromatic rings. The summed E-state index contributed by atoms with van der Waals surface area (Å²) >= 11 is 0. The van der Waals surface area contributed by atoms with Crippen LogP contribution < -0.4 is 4.74 Å². The number of benzene rings is 2. The number of Topliss-reactive ketones (excluding diaryl/α,β-unsaturated/α-hetero) is 1. The first-order valence-corrected chi connectivity index (χ1v) is 12.7. The molecule has 0 N–H and O–H groups in total. The van der Waals surface area contributed by atoms with Crippen LogP contribution in [0.2, 0.25) is 0 Å². The predicted molar refractivity (Wildman–Crippen MR) is 128 cm³/mol. The Morgan fingerprint density at radius 3 is 2.64 bits per heavy atom. The summed E-state index contributed by atoms with van der Waals surface area (Å²) in [5, 5.41) is 0. The fourth-order valence-corrected chi connectivity index (χ4v) is 7.10. The third-order valence-corrected chi connectivity index (χ3v) is 8.99. The van der Waals surface area contributed by atoms with E-state index in [-0.39, 0.29) is 23.0 Å². The smallest absolute Gasteiger partial charge is 0.416 e. The Hall–Kier alpha value is -3.15.